The first-order valence-corrected chi connectivity index (χ1v) is 10.2. The molecule has 0 saturated carbocycles. The van der Waals surface area contributed by atoms with E-state index in [0.29, 0.717) is 29.4 Å². The van der Waals surface area contributed by atoms with E-state index in [4.69, 9.17) is 11.6 Å². The largest absolute Gasteiger partial charge is 0.334 e. The van der Waals surface area contributed by atoms with Gasteiger partial charge in [0.1, 0.15) is 0 Å². The van der Waals surface area contributed by atoms with Crippen LogP contribution in [0.2, 0.25) is 5.02 Å². The summed E-state index contributed by atoms with van der Waals surface area (Å²) >= 11 is 6.08. The molecule has 30 heavy (non-hydrogen) atoms. The van der Waals surface area contributed by atoms with Gasteiger partial charge in [-0.1, -0.05) is 53.6 Å². The van der Waals surface area contributed by atoms with Crippen molar-refractivity contribution in [2.45, 2.75) is 19.9 Å². The summed E-state index contributed by atoms with van der Waals surface area (Å²) in [6, 6.07) is 20.4. The minimum Gasteiger partial charge on any atom is -0.334 e. The second kappa shape index (κ2) is 8.59. The Morgan fingerprint density at radius 2 is 1.87 bits per heavy atom. The van der Waals surface area contributed by atoms with Crippen molar-refractivity contribution in [1.29, 1.82) is 0 Å². The lowest BCUT2D eigenvalue weighted by Gasteiger charge is -2.18. The Kier molecular flexibility index (Phi) is 5.72. The Balaban J connectivity index is 1.45. The van der Waals surface area contributed by atoms with Gasteiger partial charge >= 0.3 is 6.03 Å². The fraction of sp³-hybridized carbons (Fsp3) is 0.167. The molecule has 152 valence electrons. The van der Waals surface area contributed by atoms with E-state index >= 15 is 0 Å². The zero-order valence-electron chi connectivity index (χ0n) is 16.6. The summed E-state index contributed by atoms with van der Waals surface area (Å²) in [4.78, 5) is 27.0. The Hall–Kier alpha value is -3.31. The maximum absolute atomic E-state index is 13.0. The van der Waals surface area contributed by atoms with Crippen LogP contribution in [0.1, 0.15) is 27.0 Å². The second-order valence-electron chi connectivity index (χ2n) is 7.33. The number of halogens is 1. The van der Waals surface area contributed by atoms with E-state index in [1.807, 2.05) is 60.4 Å². The molecule has 0 unspecified atom stereocenters. The Bertz CT molecular complexity index is 1110. The highest BCUT2D eigenvalue weighted by Gasteiger charge is 2.25. The molecule has 0 bridgehead atoms. The van der Waals surface area contributed by atoms with Crippen molar-refractivity contribution in [3.8, 4) is 0 Å². The van der Waals surface area contributed by atoms with Gasteiger partial charge in [0.25, 0.3) is 5.91 Å². The van der Waals surface area contributed by atoms with Gasteiger partial charge in [-0.3, -0.25) is 4.79 Å². The SMILES string of the molecule is Cc1cccc(C(=O)N2CCc3ccc(CNC(=O)Nc4ccccc4Cl)cc32)c1. The molecule has 0 fully saturated rings. The van der Waals surface area contributed by atoms with Crippen LogP contribution in [-0.2, 0) is 13.0 Å². The van der Waals surface area contributed by atoms with E-state index in [1.54, 1.807) is 18.2 Å². The van der Waals surface area contributed by atoms with Gasteiger partial charge in [-0.15, -0.1) is 0 Å². The summed E-state index contributed by atoms with van der Waals surface area (Å²) in [6.45, 7) is 2.98. The quantitative estimate of drug-likeness (QED) is 0.612. The number of benzene rings is 3. The predicted octanol–water partition coefficient (Wildman–Crippen LogP) is 5.17. The molecule has 3 amide bonds. The average molecular weight is 420 g/mol. The summed E-state index contributed by atoms with van der Waals surface area (Å²) in [7, 11) is 0. The van der Waals surface area contributed by atoms with Gasteiger partial charge in [-0.05, 0) is 54.8 Å². The highest BCUT2D eigenvalue weighted by molar-refractivity contribution is 6.33. The number of hydrogen-bond donors (Lipinski definition) is 2. The fourth-order valence-electron chi connectivity index (χ4n) is 3.59. The van der Waals surface area contributed by atoms with E-state index in [-0.39, 0.29) is 11.9 Å². The number of aryl methyl sites for hydroxylation is 1. The number of nitrogens with zero attached hydrogens (tertiary/aromatic N) is 1. The van der Waals surface area contributed by atoms with Crippen molar-refractivity contribution in [1.82, 2.24) is 5.32 Å². The minimum atomic E-state index is -0.337. The van der Waals surface area contributed by atoms with E-state index in [2.05, 4.69) is 10.6 Å². The number of para-hydroxylation sites is 1. The molecule has 0 saturated heterocycles. The Labute approximate surface area is 180 Å². The summed E-state index contributed by atoms with van der Waals surface area (Å²) in [5.41, 5.74) is 5.27. The number of amides is 3. The van der Waals surface area contributed by atoms with E-state index < -0.39 is 0 Å². The van der Waals surface area contributed by atoms with Crippen LogP contribution < -0.4 is 15.5 Å². The summed E-state index contributed by atoms with van der Waals surface area (Å²) < 4.78 is 0. The fourth-order valence-corrected chi connectivity index (χ4v) is 3.77. The molecule has 1 aliphatic rings. The van der Waals surface area contributed by atoms with E-state index in [9.17, 15) is 9.59 Å². The van der Waals surface area contributed by atoms with Crippen molar-refractivity contribution < 1.29 is 9.59 Å². The zero-order valence-corrected chi connectivity index (χ0v) is 17.4. The third-order valence-corrected chi connectivity index (χ3v) is 5.46. The van der Waals surface area contributed by atoms with Gasteiger partial charge in [-0.25, -0.2) is 4.79 Å². The third kappa shape index (κ3) is 4.31. The number of nitrogens with one attached hydrogen (secondary N) is 2. The molecule has 0 aromatic heterocycles. The van der Waals surface area contributed by atoms with Crippen LogP contribution in [0.4, 0.5) is 16.2 Å². The topological polar surface area (TPSA) is 61.4 Å². The average Bonchev–Trinajstić information content (AvgIpc) is 3.16. The predicted molar refractivity (Wildman–Crippen MR) is 120 cm³/mol. The van der Waals surface area contributed by atoms with Gasteiger partial charge < -0.3 is 15.5 Å². The molecule has 0 atom stereocenters. The molecular weight excluding hydrogens is 398 g/mol. The van der Waals surface area contributed by atoms with Crippen LogP contribution in [0.15, 0.2) is 66.7 Å². The van der Waals surface area contributed by atoms with Crippen LogP contribution in [0.5, 0.6) is 0 Å². The van der Waals surface area contributed by atoms with Crippen molar-refractivity contribution in [2.24, 2.45) is 0 Å². The lowest BCUT2D eigenvalue weighted by Crippen LogP contribution is -2.29. The van der Waals surface area contributed by atoms with Crippen molar-refractivity contribution >= 4 is 34.9 Å². The maximum Gasteiger partial charge on any atom is 0.319 e. The molecule has 3 aromatic carbocycles. The van der Waals surface area contributed by atoms with Gasteiger partial charge in [0, 0.05) is 24.3 Å². The minimum absolute atomic E-state index is 0.000906. The van der Waals surface area contributed by atoms with Crippen LogP contribution in [0, 0.1) is 6.92 Å². The molecular formula is C24H22ClN3O2. The number of hydrogen-bond acceptors (Lipinski definition) is 2. The lowest BCUT2D eigenvalue weighted by molar-refractivity contribution is 0.0989. The molecule has 1 heterocycles. The maximum atomic E-state index is 13.0. The van der Waals surface area contributed by atoms with Crippen LogP contribution in [-0.4, -0.2) is 18.5 Å². The molecule has 2 N–H and O–H groups in total. The molecule has 6 heteroatoms. The van der Waals surface area contributed by atoms with E-state index in [0.717, 1.165) is 28.8 Å². The van der Waals surface area contributed by atoms with Gasteiger partial charge in [-0.2, -0.15) is 0 Å². The lowest BCUT2D eigenvalue weighted by atomic mass is 10.1. The first-order valence-electron chi connectivity index (χ1n) is 9.81. The molecule has 5 nitrogen and oxygen atoms in total. The van der Waals surface area contributed by atoms with Crippen molar-refractivity contribution in [3.05, 3.63) is 94.0 Å². The zero-order chi connectivity index (χ0) is 21.1. The number of fused-ring (bicyclic) bond motifs is 1. The molecule has 1 aliphatic heterocycles. The van der Waals surface area contributed by atoms with E-state index in [1.165, 1.54) is 0 Å². The number of carbonyl (C=O) groups excluding carboxylic acids is 2. The molecule has 0 spiro atoms. The first-order chi connectivity index (χ1) is 14.5. The molecule has 4 rings (SSSR count). The first kappa shape index (κ1) is 20.0. The van der Waals surface area contributed by atoms with Crippen LogP contribution in [0.3, 0.4) is 0 Å². The Morgan fingerprint density at radius 1 is 1.03 bits per heavy atom. The van der Waals surface area contributed by atoms with Gasteiger partial charge in [0.15, 0.2) is 0 Å². The third-order valence-electron chi connectivity index (χ3n) is 5.13. The highest BCUT2D eigenvalue weighted by Crippen LogP contribution is 2.30. The van der Waals surface area contributed by atoms with Gasteiger partial charge in [0.05, 0.1) is 10.7 Å². The molecule has 0 aliphatic carbocycles. The van der Waals surface area contributed by atoms with Crippen molar-refractivity contribution in [2.75, 3.05) is 16.8 Å². The monoisotopic (exact) mass is 419 g/mol. The molecule has 0 radical (unpaired) electrons. The number of rotatable bonds is 4. The highest BCUT2D eigenvalue weighted by atomic mass is 35.5. The van der Waals surface area contributed by atoms with Gasteiger partial charge in [0.2, 0.25) is 0 Å². The summed E-state index contributed by atoms with van der Waals surface area (Å²) in [6.07, 6.45) is 0.827. The normalized spacial score (nSPS) is 12.4. The molecule has 3 aromatic rings. The van der Waals surface area contributed by atoms with Crippen LogP contribution >= 0.6 is 11.6 Å². The van der Waals surface area contributed by atoms with Crippen molar-refractivity contribution in [3.63, 3.8) is 0 Å². The number of anilines is 2. The summed E-state index contributed by atoms with van der Waals surface area (Å²) in [5.74, 6) is -0.000906. The summed E-state index contributed by atoms with van der Waals surface area (Å²) in [5, 5.41) is 6.06. The standard InChI is InChI=1S/C24H22ClN3O2/c1-16-5-4-6-19(13-16)23(29)28-12-11-18-10-9-17(14-22(18)28)15-26-24(30)27-21-8-3-2-7-20(21)25/h2-10,13-14H,11-12,15H2,1H3,(H2,26,27,30). The Morgan fingerprint density at radius 3 is 2.67 bits per heavy atom. The second-order valence-corrected chi connectivity index (χ2v) is 7.73. The number of urea groups is 1. The van der Waals surface area contributed by atoms with Crippen LogP contribution in [0.25, 0.3) is 0 Å². The number of carbonyl (C=O) groups is 2. The smallest absolute Gasteiger partial charge is 0.319 e.